The number of nitrogen functional groups attached to an aromatic ring is 1. The molecule has 0 saturated carbocycles. The Hall–Kier alpha value is -1.67. The van der Waals surface area contributed by atoms with E-state index in [0.29, 0.717) is 23.7 Å². The molecule has 0 fully saturated rings. The number of nitrogens with zero attached hydrogens (tertiary/aromatic N) is 2. The van der Waals surface area contributed by atoms with Gasteiger partial charge in [0.15, 0.2) is 0 Å². The number of benzene rings is 1. The van der Waals surface area contributed by atoms with Crippen LogP contribution in [0.1, 0.15) is 0 Å². The van der Waals surface area contributed by atoms with Gasteiger partial charge in [-0.1, -0.05) is 0 Å². The Bertz CT molecular complexity index is 697. The van der Waals surface area contributed by atoms with Crippen molar-refractivity contribution in [2.45, 2.75) is 9.79 Å². The van der Waals surface area contributed by atoms with Gasteiger partial charge in [0.1, 0.15) is 4.90 Å². The number of aromatic nitrogens is 2. The van der Waals surface area contributed by atoms with Gasteiger partial charge in [0, 0.05) is 29.1 Å². The van der Waals surface area contributed by atoms with Crippen LogP contribution in [0.5, 0.6) is 0 Å². The number of anilines is 2. The number of hydrogen-bond donors (Lipinski definition) is 2. The van der Waals surface area contributed by atoms with E-state index in [-0.39, 0.29) is 4.90 Å². The molecule has 1 aliphatic heterocycles. The molecule has 100 valence electrons. The van der Waals surface area contributed by atoms with E-state index in [1.54, 1.807) is 23.9 Å². The van der Waals surface area contributed by atoms with Crippen molar-refractivity contribution in [1.29, 1.82) is 0 Å². The monoisotopic (exact) mass is 296 g/mol. The molecule has 2 aromatic rings. The fraction of sp³-hybridized carbons (Fsp3) is 0.182. The van der Waals surface area contributed by atoms with E-state index in [4.69, 9.17) is 5.73 Å². The summed E-state index contributed by atoms with van der Waals surface area (Å²) in [6, 6.07) is 5.32. The first kappa shape index (κ1) is 12.4. The largest absolute Gasteiger partial charge is 0.399 e. The van der Waals surface area contributed by atoms with Crippen LogP contribution in [0, 0.1) is 0 Å². The SMILES string of the molecule is Nc1ccc2c(c1)N(S(=O)(=O)c1cn[nH]c1)CCS2. The number of thioether (sulfide) groups is 1. The normalized spacial score (nSPS) is 15.3. The van der Waals surface area contributed by atoms with E-state index in [2.05, 4.69) is 10.2 Å². The Morgan fingerprint density at radius 3 is 3.00 bits per heavy atom. The second-order valence-electron chi connectivity index (χ2n) is 4.09. The van der Waals surface area contributed by atoms with E-state index in [9.17, 15) is 8.42 Å². The first-order chi connectivity index (χ1) is 9.09. The molecule has 0 radical (unpaired) electrons. The summed E-state index contributed by atoms with van der Waals surface area (Å²) in [5, 5.41) is 6.22. The third-order valence-corrected chi connectivity index (χ3v) is 5.69. The highest BCUT2D eigenvalue weighted by Gasteiger charge is 2.30. The van der Waals surface area contributed by atoms with Crippen LogP contribution in [0.25, 0.3) is 0 Å². The third kappa shape index (κ3) is 2.06. The van der Waals surface area contributed by atoms with Crippen molar-refractivity contribution in [3.8, 4) is 0 Å². The standard InChI is InChI=1S/C11H12N4O2S2/c12-8-1-2-11-10(5-8)15(3-4-18-11)19(16,17)9-6-13-14-7-9/h1-2,5-7H,3-4,12H2,(H,13,14). The van der Waals surface area contributed by atoms with E-state index in [0.717, 1.165) is 4.90 Å². The lowest BCUT2D eigenvalue weighted by Gasteiger charge is -2.29. The maximum Gasteiger partial charge on any atom is 0.267 e. The molecule has 0 aliphatic carbocycles. The van der Waals surface area contributed by atoms with E-state index in [1.165, 1.54) is 16.7 Å². The van der Waals surface area contributed by atoms with Crippen molar-refractivity contribution in [3.63, 3.8) is 0 Å². The van der Waals surface area contributed by atoms with Crippen molar-refractivity contribution in [3.05, 3.63) is 30.6 Å². The highest BCUT2D eigenvalue weighted by molar-refractivity contribution is 8.00. The zero-order valence-electron chi connectivity index (χ0n) is 9.91. The first-order valence-electron chi connectivity index (χ1n) is 5.63. The van der Waals surface area contributed by atoms with Crippen LogP contribution < -0.4 is 10.0 Å². The van der Waals surface area contributed by atoms with Crippen LogP contribution in [-0.4, -0.2) is 30.9 Å². The minimum absolute atomic E-state index is 0.160. The van der Waals surface area contributed by atoms with Crippen LogP contribution >= 0.6 is 11.8 Å². The fourth-order valence-electron chi connectivity index (χ4n) is 1.97. The van der Waals surface area contributed by atoms with Gasteiger partial charge in [-0.05, 0) is 18.2 Å². The Kier molecular flexibility index (Phi) is 2.90. The summed E-state index contributed by atoms with van der Waals surface area (Å²) in [7, 11) is -3.58. The summed E-state index contributed by atoms with van der Waals surface area (Å²) in [5.41, 5.74) is 6.94. The molecule has 0 amide bonds. The second-order valence-corrected chi connectivity index (χ2v) is 7.09. The van der Waals surface area contributed by atoms with Crippen molar-refractivity contribution in [2.24, 2.45) is 0 Å². The molecular formula is C11H12N4O2S2. The fourth-order valence-corrected chi connectivity index (χ4v) is 4.50. The summed E-state index contributed by atoms with van der Waals surface area (Å²) in [5.74, 6) is 0.716. The maximum absolute atomic E-state index is 12.5. The van der Waals surface area contributed by atoms with Crippen molar-refractivity contribution < 1.29 is 8.42 Å². The molecule has 2 heterocycles. The Labute approximate surface area is 115 Å². The molecule has 1 aromatic carbocycles. The number of hydrogen-bond acceptors (Lipinski definition) is 5. The van der Waals surface area contributed by atoms with Crippen LogP contribution in [0.15, 0.2) is 40.4 Å². The molecule has 0 spiro atoms. The number of sulfonamides is 1. The Morgan fingerprint density at radius 1 is 1.42 bits per heavy atom. The summed E-state index contributed by atoms with van der Waals surface area (Å²) >= 11 is 1.63. The summed E-state index contributed by atoms with van der Waals surface area (Å²) in [4.78, 5) is 1.08. The molecule has 1 aliphatic rings. The van der Waals surface area contributed by atoms with E-state index >= 15 is 0 Å². The maximum atomic E-state index is 12.5. The summed E-state index contributed by atoms with van der Waals surface area (Å²) < 4.78 is 26.5. The van der Waals surface area contributed by atoms with Gasteiger partial charge in [-0.25, -0.2) is 8.42 Å². The summed E-state index contributed by atoms with van der Waals surface area (Å²) in [6.45, 7) is 0.425. The number of H-pyrrole nitrogens is 1. The lowest BCUT2D eigenvalue weighted by Crippen LogP contribution is -2.35. The lowest BCUT2D eigenvalue weighted by atomic mass is 10.3. The molecule has 3 rings (SSSR count). The number of nitrogens with one attached hydrogen (secondary N) is 1. The smallest absolute Gasteiger partial charge is 0.267 e. The van der Waals surface area contributed by atoms with Crippen LogP contribution in [-0.2, 0) is 10.0 Å². The van der Waals surface area contributed by atoms with E-state index < -0.39 is 10.0 Å². The third-order valence-electron chi connectivity index (χ3n) is 2.86. The molecular weight excluding hydrogens is 284 g/mol. The summed E-state index contributed by atoms with van der Waals surface area (Å²) in [6.07, 6.45) is 2.69. The molecule has 0 unspecified atom stereocenters. The van der Waals surface area contributed by atoms with Crippen LogP contribution in [0.2, 0.25) is 0 Å². The van der Waals surface area contributed by atoms with Gasteiger partial charge in [0.2, 0.25) is 0 Å². The first-order valence-corrected chi connectivity index (χ1v) is 8.05. The topological polar surface area (TPSA) is 92.1 Å². The number of fused-ring (bicyclic) bond motifs is 1. The minimum atomic E-state index is -3.58. The average molecular weight is 296 g/mol. The second kappa shape index (κ2) is 4.46. The van der Waals surface area contributed by atoms with Gasteiger partial charge >= 0.3 is 0 Å². The molecule has 19 heavy (non-hydrogen) atoms. The van der Waals surface area contributed by atoms with Crippen molar-refractivity contribution in [1.82, 2.24) is 10.2 Å². The zero-order valence-corrected chi connectivity index (χ0v) is 11.5. The quantitative estimate of drug-likeness (QED) is 0.815. The molecule has 0 bridgehead atoms. The van der Waals surface area contributed by atoms with Gasteiger partial charge in [-0.3, -0.25) is 9.40 Å². The van der Waals surface area contributed by atoms with Crippen LogP contribution in [0.4, 0.5) is 11.4 Å². The zero-order chi connectivity index (χ0) is 13.5. The predicted octanol–water partition coefficient (Wildman–Crippen LogP) is 1.29. The van der Waals surface area contributed by atoms with Gasteiger partial charge in [0.25, 0.3) is 10.0 Å². The van der Waals surface area contributed by atoms with Gasteiger partial charge < -0.3 is 5.73 Å². The number of rotatable bonds is 2. The molecule has 3 N–H and O–H groups in total. The average Bonchev–Trinajstić information content (AvgIpc) is 2.92. The van der Waals surface area contributed by atoms with E-state index in [1.807, 2.05) is 6.07 Å². The Morgan fingerprint density at radius 2 is 2.26 bits per heavy atom. The number of nitrogens with two attached hydrogens (primary N) is 1. The van der Waals surface area contributed by atoms with Gasteiger partial charge in [0.05, 0.1) is 11.9 Å². The number of aromatic amines is 1. The molecule has 6 nitrogen and oxygen atoms in total. The van der Waals surface area contributed by atoms with Gasteiger partial charge in [-0.2, -0.15) is 5.10 Å². The molecule has 0 saturated heterocycles. The molecule has 0 atom stereocenters. The highest BCUT2D eigenvalue weighted by Crippen LogP contribution is 2.38. The van der Waals surface area contributed by atoms with Crippen molar-refractivity contribution >= 4 is 33.2 Å². The highest BCUT2D eigenvalue weighted by atomic mass is 32.2. The molecule has 8 heteroatoms. The minimum Gasteiger partial charge on any atom is -0.399 e. The lowest BCUT2D eigenvalue weighted by molar-refractivity contribution is 0.591. The Balaban J connectivity index is 2.12. The van der Waals surface area contributed by atoms with Crippen molar-refractivity contribution in [2.75, 3.05) is 22.3 Å². The molecule has 1 aromatic heterocycles. The predicted molar refractivity (Wildman–Crippen MR) is 74.7 cm³/mol. The van der Waals surface area contributed by atoms with Gasteiger partial charge in [-0.15, -0.1) is 11.8 Å². The van der Waals surface area contributed by atoms with Crippen LogP contribution in [0.3, 0.4) is 0 Å².